The van der Waals surface area contributed by atoms with Crippen LogP contribution in [0.1, 0.15) is 16.0 Å². The SMILES string of the molecule is COc1cc(F)c(C(Br)c2ccoc2)c(F)c1. The van der Waals surface area contributed by atoms with Crippen LogP contribution in [-0.4, -0.2) is 7.11 Å². The molecule has 2 nitrogen and oxygen atoms in total. The molecule has 0 aliphatic rings. The van der Waals surface area contributed by atoms with Crippen LogP contribution in [0.5, 0.6) is 5.75 Å². The van der Waals surface area contributed by atoms with E-state index in [1.807, 2.05) is 0 Å². The number of furan rings is 1. The Morgan fingerprint density at radius 2 is 1.94 bits per heavy atom. The van der Waals surface area contributed by atoms with Crippen molar-refractivity contribution < 1.29 is 17.9 Å². The summed E-state index contributed by atoms with van der Waals surface area (Å²) in [4.78, 5) is -0.591. The summed E-state index contributed by atoms with van der Waals surface area (Å²) in [5.74, 6) is -1.18. The highest BCUT2D eigenvalue weighted by atomic mass is 79.9. The molecule has 90 valence electrons. The third-order valence-electron chi connectivity index (χ3n) is 2.38. The maximum absolute atomic E-state index is 13.8. The smallest absolute Gasteiger partial charge is 0.134 e. The Morgan fingerprint density at radius 1 is 1.29 bits per heavy atom. The molecule has 0 saturated carbocycles. The van der Waals surface area contributed by atoms with Crippen LogP contribution in [0.15, 0.2) is 35.1 Å². The van der Waals surface area contributed by atoms with Crippen molar-refractivity contribution in [3.05, 3.63) is 53.5 Å². The first-order chi connectivity index (χ1) is 8.13. The van der Waals surface area contributed by atoms with Crippen molar-refractivity contribution in [3.63, 3.8) is 0 Å². The van der Waals surface area contributed by atoms with Gasteiger partial charge in [-0.2, -0.15) is 0 Å². The standard InChI is InChI=1S/C12H9BrF2O2/c1-16-8-4-9(14)11(10(15)5-8)12(13)7-2-3-17-6-7/h2-6,12H,1H3. The molecule has 1 unspecified atom stereocenters. The van der Waals surface area contributed by atoms with E-state index in [4.69, 9.17) is 9.15 Å². The highest BCUT2D eigenvalue weighted by molar-refractivity contribution is 9.09. The molecule has 1 heterocycles. The Kier molecular flexibility index (Phi) is 3.47. The van der Waals surface area contributed by atoms with E-state index in [0.717, 1.165) is 12.1 Å². The molecule has 2 aromatic rings. The predicted molar refractivity (Wildman–Crippen MR) is 62.4 cm³/mol. The molecule has 2 rings (SSSR count). The maximum atomic E-state index is 13.8. The van der Waals surface area contributed by atoms with Gasteiger partial charge in [-0.1, -0.05) is 15.9 Å². The summed E-state index contributed by atoms with van der Waals surface area (Å²) >= 11 is 3.24. The molecule has 0 N–H and O–H groups in total. The third-order valence-corrected chi connectivity index (χ3v) is 3.36. The Hall–Kier alpha value is -1.36. The van der Waals surface area contributed by atoms with Crippen LogP contribution < -0.4 is 4.74 Å². The Labute approximate surface area is 105 Å². The highest BCUT2D eigenvalue weighted by Gasteiger charge is 2.21. The zero-order valence-electron chi connectivity index (χ0n) is 8.91. The van der Waals surface area contributed by atoms with Gasteiger partial charge < -0.3 is 9.15 Å². The fourth-order valence-corrected chi connectivity index (χ4v) is 2.20. The molecule has 0 fully saturated rings. The molecule has 1 aromatic carbocycles. The molecule has 0 radical (unpaired) electrons. The second kappa shape index (κ2) is 4.87. The second-order valence-electron chi connectivity index (χ2n) is 3.42. The van der Waals surface area contributed by atoms with Crippen molar-refractivity contribution >= 4 is 15.9 Å². The summed E-state index contributed by atoms with van der Waals surface area (Å²) in [6.45, 7) is 0. The van der Waals surface area contributed by atoms with Gasteiger partial charge in [-0.15, -0.1) is 0 Å². The Bertz CT molecular complexity index is 488. The minimum atomic E-state index is -0.662. The van der Waals surface area contributed by atoms with Gasteiger partial charge in [0.05, 0.1) is 24.5 Å². The number of hydrogen-bond acceptors (Lipinski definition) is 2. The van der Waals surface area contributed by atoms with Crippen LogP contribution in [0, 0.1) is 11.6 Å². The van der Waals surface area contributed by atoms with Gasteiger partial charge in [0.25, 0.3) is 0 Å². The zero-order chi connectivity index (χ0) is 12.4. The van der Waals surface area contributed by atoms with Gasteiger partial charge in [0.1, 0.15) is 17.4 Å². The molecule has 5 heteroatoms. The number of alkyl halides is 1. The van der Waals surface area contributed by atoms with Crippen molar-refractivity contribution in [2.24, 2.45) is 0 Å². The molecule has 0 amide bonds. The van der Waals surface area contributed by atoms with Crippen LogP contribution in [0.3, 0.4) is 0 Å². The Balaban J connectivity index is 2.45. The highest BCUT2D eigenvalue weighted by Crippen LogP contribution is 2.35. The van der Waals surface area contributed by atoms with Gasteiger partial charge in [0.2, 0.25) is 0 Å². The molecule has 1 atom stereocenters. The number of benzene rings is 1. The van der Waals surface area contributed by atoms with Gasteiger partial charge >= 0.3 is 0 Å². The number of methoxy groups -OCH3 is 1. The van der Waals surface area contributed by atoms with E-state index >= 15 is 0 Å². The van der Waals surface area contributed by atoms with E-state index in [9.17, 15) is 8.78 Å². The van der Waals surface area contributed by atoms with Gasteiger partial charge in [-0.05, 0) is 6.07 Å². The summed E-state index contributed by atoms with van der Waals surface area (Å²) in [6, 6.07) is 3.93. The quantitative estimate of drug-likeness (QED) is 0.798. The lowest BCUT2D eigenvalue weighted by Crippen LogP contribution is -2.01. The van der Waals surface area contributed by atoms with E-state index in [1.54, 1.807) is 6.07 Å². The summed E-state index contributed by atoms with van der Waals surface area (Å²) in [6.07, 6.45) is 2.88. The molecule has 17 heavy (non-hydrogen) atoms. The van der Waals surface area contributed by atoms with Crippen molar-refractivity contribution in [3.8, 4) is 5.75 Å². The van der Waals surface area contributed by atoms with E-state index < -0.39 is 16.5 Å². The second-order valence-corrected chi connectivity index (χ2v) is 4.34. The number of ether oxygens (including phenoxy) is 1. The molecule has 0 bridgehead atoms. The third kappa shape index (κ3) is 2.34. The molecule has 1 aromatic heterocycles. The summed E-state index contributed by atoms with van der Waals surface area (Å²) < 4.78 is 37.2. The average Bonchev–Trinajstić information content (AvgIpc) is 2.81. The molecular formula is C12H9BrF2O2. The number of rotatable bonds is 3. The first kappa shape index (κ1) is 12.1. The van der Waals surface area contributed by atoms with Crippen LogP contribution in [0.2, 0.25) is 0 Å². The largest absolute Gasteiger partial charge is 0.497 e. The van der Waals surface area contributed by atoms with Crippen LogP contribution in [-0.2, 0) is 0 Å². The number of halogens is 3. The van der Waals surface area contributed by atoms with Crippen molar-refractivity contribution in [2.45, 2.75) is 4.83 Å². The summed E-state index contributed by atoms with van der Waals surface area (Å²) in [7, 11) is 1.36. The molecule has 0 aliphatic carbocycles. The van der Waals surface area contributed by atoms with Gasteiger partial charge in [0, 0.05) is 23.3 Å². The van der Waals surface area contributed by atoms with Crippen LogP contribution in [0.4, 0.5) is 8.78 Å². The lowest BCUT2D eigenvalue weighted by atomic mass is 10.1. The van der Waals surface area contributed by atoms with Crippen molar-refractivity contribution in [1.82, 2.24) is 0 Å². The fraction of sp³-hybridized carbons (Fsp3) is 0.167. The van der Waals surface area contributed by atoms with Gasteiger partial charge in [-0.3, -0.25) is 0 Å². The summed E-state index contributed by atoms with van der Waals surface area (Å²) in [5.41, 5.74) is 0.583. The van der Waals surface area contributed by atoms with E-state index in [2.05, 4.69) is 15.9 Å². The van der Waals surface area contributed by atoms with Gasteiger partial charge in [-0.25, -0.2) is 8.78 Å². The molecule has 0 spiro atoms. The maximum Gasteiger partial charge on any atom is 0.134 e. The fourth-order valence-electron chi connectivity index (χ4n) is 1.51. The average molecular weight is 303 g/mol. The van der Waals surface area contributed by atoms with E-state index in [0.29, 0.717) is 5.56 Å². The molecule has 0 aliphatic heterocycles. The molecular weight excluding hydrogens is 294 g/mol. The van der Waals surface area contributed by atoms with E-state index in [1.165, 1.54) is 19.6 Å². The van der Waals surface area contributed by atoms with Crippen molar-refractivity contribution in [2.75, 3.05) is 7.11 Å². The molecule has 0 saturated heterocycles. The summed E-state index contributed by atoms with van der Waals surface area (Å²) in [5, 5.41) is 0. The Morgan fingerprint density at radius 3 is 2.41 bits per heavy atom. The zero-order valence-corrected chi connectivity index (χ0v) is 10.5. The minimum Gasteiger partial charge on any atom is -0.497 e. The minimum absolute atomic E-state index is 0.0628. The van der Waals surface area contributed by atoms with Crippen LogP contribution in [0.25, 0.3) is 0 Å². The monoisotopic (exact) mass is 302 g/mol. The first-order valence-electron chi connectivity index (χ1n) is 4.82. The normalized spacial score (nSPS) is 12.5. The van der Waals surface area contributed by atoms with Gasteiger partial charge in [0.15, 0.2) is 0 Å². The predicted octanol–water partition coefficient (Wildman–Crippen LogP) is 4.05. The lowest BCUT2D eigenvalue weighted by molar-refractivity contribution is 0.405. The van der Waals surface area contributed by atoms with Crippen molar-refractivity contribution in [1.29, 1.82) is 0 Å². The number of hydrogen-bond donors (Lipinski definition) is 0. The van der Waals surface area contributed by atoms with E-state index in [-0.39, 0.29) is 11.3 Å². The van der Waals surface area contributed by atoms with Crippen LogP contribution >= 0.6 is 15.9 Å². The lowest BCUT2D eigenvalue weighted by Gasteiger charge is -2.11. The topological polar surface area (TPSA) is 22.4 Å². The first-order valence-corrected chi connectivity index (χ1v) is 5.74.